The highest BCUT2D eigenvalue weighted by Crippen LogP contribution is 2.29. The highest BCUT2D eigenvalue weighted by atomic mass is 32.2. The molecule has 0 unspecified atom stereocenters. The Bertz CT molecular complexity index is 349. The standard InChI is InChI=1S/C12H17F3N2S/c1-9(2)16-6-3-7-18-11-5-4-10(8-17-11)12(13,14)15/h4-5,8-9,16H,3,6-7H2,1-2H3. The van der Waals surface area contributed by atoms with E-state index in [0.29, 0.717) is 11.1 Å². The van der Waals surface area contributed by atoms with E-state index < -0.39 is 11.7 Å². The summed E-state index contributed by atoms with van der Waals surface area (Å²) in [5.41, 5.74) is -0.701. The number of pyridine rings is 1. The van der Waals surface area contributed by atoms with Crippen molar-refractivity contribution < 1.29 is 13.2 Å². The Morgan fingerprint density at radius 2 is 2.06 bits per heavy atom. The summed E-state index contributed by atoms with van der Waals surface area (Å²) in [6.07, 6.45) is -2.46. The van der Waals surface area contributed by atoms with Crippen molar-refractivity contribution >= 4 is 11.8 Å². The largest absolute Gasteiger partial charge is 0.417 e. The second kappa shape index (κ2) is 6.99. The lowest BCUT2D eigenvalue weighted by Crippen LogP contribution is -2.23. The van der Waals surface area contributed by atoms with Gasteiger partial charge in [0.1, 0.15) is 0 Å². The fraction of sp³-hybridized carbons (Fsp3) is 0.583. The summed E-state index contributed by atoms with van der Waals surface area (Å²) < 4.78 is 36.9. The lowest BCUT2D eigenvalue weighted by molar-refractivity contribution is -0.137. The Hall–Kier alpha value is -0.750. The molecule has 102 valence electrons. The lowest BCUT2D eigenvalue weighted by atomic mass is 10.3. The van der Waals surface area contributed by atoms with Crippen LogP contribution in [0.2, 0.25) is 0 Å². The molecule has 1 N–H and O–H groups in total. The molecule has 0 aromatic carbocycles. The zero-order valence-corrected chi connectivity index (χ0v) is 11.2. The van der Waals surface area contributed by atoms with Gasteiger partial charge in [-0.3, -0.25) is 0 Å². The third-order valence-corrected chi connectivity index (χ3v) is 3.22. The first-order valence-electron chi connectivity index (χ1n) is 5.79. The van der Waals surface area contributed by atoms with E-state index in [1.165, 1.54) is 17.8 Å². The van der Waals surface area contributed by atoms with Gasteiger partial charge in [0, 0.05) is 18.0 Å². The summed E-state index contributed by atoms with van der Waals surface area (Å²) in [7, 11) is 0. The van der Waals surface area contributed by atoms with Crippen LogP contribution in [0.25, 0.3) is 0 Å². The monoisotopic (exact) mass is 278 g/mol. The van der Waals surface area contributed by atoms with E-state index in [2.05, 4.69) is 24.1 Å². The van der Waals surface area contributed by atoms with Crippen LogP contribution in [0.1, 0.15) is 25.8 Å². The summed E-state index contributed by atoms with van der Waals surface area (Å²) >= 11 is 1.47. The number of thioether (sulfide) groups is 1. The van der Waals surface area contributed by atoms with Crippen LogP contribution in [0.15, 0.2) is 23.4 Å². The smallest absolute Gasteiger partial charge is 0.315 e. The van der Waals surface area contributed by atoms with Gasteiger partial charge >= 0.3 is 6.18 Å². The summed E-state index contributed by atoms with van der Waals surface area (Å²) in [4.78, 5) is 3.80. The van der Waals surface area contributed by atoms with E-state index in [9.17, 15) is 13.2 Å². The molecule has 0 saturated heterocycles. The fourth-order valence-electron chi connectivity index (χ4n) is 1.27. The maximum absolute atomic E-state index is 12.3. The van der Waals surface area contributed by atoms with Crippen LogP contribution in [0.3, 0.4) is 0 Å². The quantitative estimate of drug-likeness (QED) is 0.636. The van der Waals surface area contributed by atoms with Crippen LogP contribution < -0.4 is 5.32 Å². The minimum Gasteiger partial charge on any atom is -0.315 e. The average Bonchev–Trinajstić information content (AvgIpc) is 2.27. The Morgan fingerprint density at radius 1 is 1.33 bits per heavy atom. The molecular formula is C12H17F3N2S. The molecule has 6 heteroatoms. The molecule has 1 heterocycles. The molecule has 0 saturated carbocycles. The molecule has 1 rings (SSSR count). The molecular weight excluding hydrogens is 261 g/mol. The first-order valence-corrected chi connectivity index (χ1v) is 6.77. The molecule has 1 aromatic rings. The molecule has 0 fully saturated rings. The molecule has 0 aliphatic heterocycles. The third kappa shape index (κ3) is 5.73. The van der Waals surface area contributed by atoms with E-state index in [-0.39, 0.29) is 0 Å². The van der Waals surface area contributed by atoms with E-state index in [1.54, 1.807) is 0 Å². The van der Waals surface area contributed by atoms with Crippen LogP contribution in [0, 0.1) is 0 Å². The van der Waals surface area contributed by atoms with Crippen molar-refractivity contribution in [1.29, 1.82) is 0 Å². The SMILES string of the molecule is CC(C)NCCCSc1ccc(C(F)(F)F)cn1. The Labute approximate surface area is 109 Å². The first-order chi connectivity index (χ1) is 8.39. The van der Waals surface area contributed by atoms with Gasteiger partial charge in [-0.2, -0.15) is 13.2 Å². The maximum atomic E-state index is 12.3. The van der Waals surface area contributed by atoms with Crippen LogP contribution in [0.4, 0.5) is 13.2 Å². The predicted octanol–water partition coefficient (Wildman–Crippen LogP) is 3.58. The molecule has 2 nitrogen and oxygen atoms in total. The van der Waals surface area contributed by atoms with Crippen LogP contribution in [-0.2, 0) is 6.18 Å². The predicted molar refractivity (Wildman–Crippen MR) is 67.7 cm³/mol. The summed E-state index contributed by atoms with van der Waals surface area (Å²) in [5.74, 6) is 0.845. The third-order valence-electron chi connectivity index (χ3n) is 2.19. The topological polar surface area (TPSA) is 24.9 Å². The highest BCUT2D eigenvalue weighted by Gasteiger charge is 2.30. The van der Waals surface area contributed by atoms with Gasteiger partial charge < -0.3 is 5.32 Å². The van der Waals surface area contributed by atoms with Crippen LogP contribution >= 0.6 is 11.8 Å². The van der Waals surface area contributed by atoms with E-state index >= 15 is 0 Å². The van der Waals surface area contributed by atoms with Crippen LogP contribution in [-0.4, -0.2) is 23.3 Å². The van der Waals surface area contributed by atoms with Gasteiger partial charge in [-0.1, -0.05) is 13.8 Å². The lowest BCUT2D eigenvalue weighted by Gasteiger charge is -2.08. The number of alkyl halides is 3. The van der Waals surface area contributed by atoms with Gasteiger partial charge in [0.2, 0.25) is 0 Å². The highest BCUT2D eigenvalue weighted by molar-refractivity contribution is 7.99. The molecule has 0 spiro atoms. The molecule has 0 aliphatic rings. The van der Waals surface area contributed by atoms with Gasteiger partial charge in [0.15, 0.2) is 0 Å². The number of aromatic nitrogens is 1. The number of hydrogen-bond donors (Lipinski definition) is 1. The second-order valence-corrected chi connectivity index (χ2v) is 5.31. The van der Waals surface area contributed by atoms with E-state index in [0.717, 1.165) is 31.0 Å². The van der Waals surface area contributed by atoms with Crippen LogP contribution in [0.5, 0.6) is 0 Å². The number of hydrogen-bond acceptors (Lipinski definition) is 3. The Morgan fingerprint density at radius 3 is 2.56 bits per heavy atom. The van der Waals surface area contributed by atoms with E-state index in [1.807, 2.05) is 0 Å². The Kier molecular flexibility index (Phi) is 5.95. The molecule has 0 bridgehead atoms. The van der Waals surface area contributed by atoms with Crippen molar-refractivity contribution in [2.24, 2.45) is 0 Å². The van der Waals surface area contributed by atoms with Crippen molar-refractivity contribution in [3.63, 3.8) is 0 Å². The number of halogens is 3. The first kappa shape index (κ1) is 15.3. The number of nitrogens with zero attached hydrogens (tertiary/aromatic N) is 1. The summed E-state index contributed by atoms with van der Waals surface area (Å²) in [6, 6.07) is 2.95. The van der Waals surface area contributed by atoms with Gasteiger partial charge in [-0.05, 0) is 25.1 Å². The maximum Gasteiger partial charge on any atom is 0.417 e. The van der Waals surface area contributed by atoms with Gasteiger partial charge in [-0.25, -0.2) is 4.98 Å². The van der Waals surface area contributed by atoms with Crippen molar-refractivity contribution in [2.45, 2.75) is 37.5 Å². The number of rotatable bonds is 6. The minimum atomic E-state index is -4.31. The zero-order chi connectivity index (χ0) is 13.6. The average molecular weight is 278 g/mol. The van der Waals surface area contributed by atoms with Crippen molar-refractivity contribution in [3.05, 3.63) is 23.9 Å². The van der Waals surface area contributed by atoms with Crippen molar-refractivity contribution in [1.82, 2.24) is 10.3 Å². The number of nitrogens with one attached hydrogen (secondary N) is 1. The molecule has 1 aromatic heterocycles. The normalized spacial score (nSPS) is 12.1. The minimum absolute atomic E-state index is 0.458. The molecule has 0 aliphatic carbocycles. The second-order valence-electron chi connectivity index (χ2n) is 4.19. The summed E-state index contributed by atoms with van der Waals surface area (Å²) in [6.45, 7) is 5.06. The fourth-order valence-corrected chi connectivity index (χ4v) is 2.06. The molecule has 18 heavy (non-hydrogen) atoms. The van der Waals surface area contributed by atoms with Crippen molar-refractivity contribution in [3.8, 4) is 0 Å². The van der Waals surface area contributed by atoms with Crippen molar-refractivity contribution in [2.75, 3.05) is 12.3 Å². The zero-order valence-electron chi connectivity index (χ0n) is 10.4. The summed E-state index contributed by atoms with van der Waals surface area (Å²) in [5, 5.41) is 3.91. The molecule has 0 amide bonds. The van der Waals surface area contributed by atoms with Gasteiger partial charge in [-0.15, -0.1) is 11.8 Å². The van der Waals surface area contributed by atoms with Gasteiger partial charge in [0.05, 0.1) is 10.6 Å². The van der Waals surface area contributed by atoms with Gasteiger partial charge in [0.25, 0.3) is 0 Å². The Balaban J connectivity index is 2.31. The van der Waals surface area contributed by atoms with E-state index in [4.69, 9.17) is 0 Å². The molecule has 0 radical (unpaired) electrons. The molecule has 0 atom stereocenters.